The number of nitrogens with zero attached hydrogens (tertiary/aromatic N) is 1. The minimum atomic E-state index is -0.308. The van der Waals surface area contributed by atoms with E-state index in [1.165, 1.54) is 11.1 Å². The Morgan fingerprint density at radius 2 is 2.12 bits per heavy atom. The van der Waals surface area contributed by atoms with Gasteiger partial charge in [0, 0.05) is 22.1 Å². The van der Waals surface area contributed by atoms with Crippen LogP contribution in [0.15, 0.2) is 18.2 Å². The molecule has 0 bridgehead atoms. The Labute approximate surface area is 106 Å². The standard InChI is InChI=1S/C13H17NO2S/c1-13(2,3)17-12-7-5-9-4-6-10(14(15)16)8-11(9)12/h4,6,8,12H,5,7H2,1-3H3. The molecule has 0 saturated heterocycles. The predicted molar refractivity (Wildman–Crippen MR) is 71.5 cm³/mol. The number of thioether (sulfide) groups is 1. The second-order valence-corrected chi connectivity index (χ2v) is 7.43. The van der Waals surface area contributed by atoms with Crippen LogP contribution in [0.1, 0.15) is 43.6 Å². The molecule has 0 spiro atoms. The van der Waals surface area contributed by atoms with Gasteiger partial charge in [-0.2, -0.15) is 0 Å². The van der Waals surface area contributed by atoms with Crippen molar-refractivity contribution in [1.82, 2.24) is 0 Å². The highest BCUT2D eigenvalue weighted by molar-refractivity contribution is 8.00. The van der Waals surface area contributed by atoms with Crippen molar-refractivity contribution < 1.29 is 4.92 Å². The third kappa shape index (κ3) is 2.80. The average Bonchev–Trinajstić information content (AvgIpc) is 2.58. The first kappa shape index (κ1) is 12.4. The van der Waals surface area contributed by atoms with Gasteiger partial charge >= 0.3 is 0 Å². The molecule has 3 nitrogen and oxygen atoms in total. The van der Waals surface area contributed by atoms with Gasteiger partial charge in [0.2, 0.25) is 0 Å². The Bertz CT molecular complexity index is 451. The Balaban J connectivity index is 2.29. The van der Waals surface area contributed by atoms with Crippen molar-refractivity contribution >= 4 is 17.4 Å². The number of aryl methyl sites for hydroxylation is 1. The molecule has 0 heterocycles. The molecule has 1 atom stereocenters. The molecule has 0 amide bonds. The Hall–Kier alpha value is -1.03. The Morgan fingerprint density at radius 3 is 2.71 bits per heavy atom. The number of fused-ring (bicyclic) bond motifs is 1. The molecule has 0 aliphatic heterocycles. The van der Waals surface area contributed by atoms with Crippen LogP contribution in [-0.2, 0) is 6.42 Å². The van der Waals surface area contributed by atoms with E-state index >= 15 is 0 Å². The van der Waals surface area contributed by atoms with E-state index in [1.54, 1.807) is 12.1 Å². The molecule has 0 radical (unpaired) electrons. The smallest absolute Gasteiger partial charge is 0.258 e. The zero-order chi connectivity index (χ0) is 12.6. The summed E-state index contributed by atoms with van der Waals surface area (Å²) in [6.07, 6.45) is 2.14. The molecule has 4 heteroatoms. The van der Waals surface area contributed by atoms with Gasteiger partial charge < -0.3 is 0 Å². The summed E-state index contributed by atoms with van der Waals surface area (Å²) < 4.78 is 0.191. The maximum atomic E-state index is 10.8. The average molecular weight is 251 g/mol. The van der Waals surface area contributed by atoms with Crippen LogP contribution in [0.3, 0.4) is 0 Å². The molecule has 92 valence electrons. The van der Waals surface area contributed by atoms with Gasteiger partial charge in [0.05, 0.1) is 4.92 Å². The van der Waals surface area contributed by atoms with Crippen molar-refractivity contribution in [3.05, 3.63) is 39.4 Å². The molecule has 1 aliphatic rings. The number of benzene rings is 1. The normalized spacial score (nSPS) is 19.1. The van der Waals surface area contributed by atoms with E-state index in [4.69, 9.17) is 0 Å². The van der Waals surface area contributed by atoms with Gasteiger partial charge in [-0.3, -0.25) is 10.1 Å². The van der Waals surface area contributed by atoms with Gasteiger partial charge in [-0.1, -0.05) is 26.8 Å². The second-order valence-electron chi connectivity index (χ2n) is 5.40. The first-order valence-electron chi connectivity index (χ1n) is 5.82. The first-order chi connectivity index (χ1) is 7.87. The largest absolute Gasteiger partial charge is 0.269 e. The van der Waals surface area contributed by atoms with Gasteiger partial charge in [0.15, 0.2) is 0 Å². The SMILES string of the molecule is CC(C)(C)SC1CCc2ccc([N+](=O)[O-])cc21. The maximum absolute atomic E-state index is 10.8. The topological polar surface area (TPSA) is 43.1 Å². The third-order valence-corrected chi connectivity index (χ3v) is 4.34. The highest BCUT2D eigenvalue weighted by Crippen LogP contribution is 2.47. The van der Waals surface area contributed by atoms with Crippen LogP contribution in [0.5, 0.6) is 0 Å². The fourth-order valence-electron chi connectivity index (χ4n) is 2.21. The molecule has 0 fully saturated rings. The number of rotatable bonds is 2. The number of non-ortho nitro benzene ring substituents is 1. The maximum Gasteiger partial charge on any atom is 0.269 e. The van der Waals surface area contributed by atoms with Gasteiger partial charge in [-0.25, -0.2) is 0 Å². The minimum Gasteiger partial charge on any atom is -0.258 e. The lowest BCUT2D eigenvalue weighted by atomic mass is 10.1. The molecule has 0 N–H and O–H groups in total. The van der Waals surface area contributed by atoms with Gasteiger partial charge in [0.1, 0.15) is 0 Å². The lowest BCUT2D eigenvalue weighted by Gasteiger charge is -2.23. The third-order valence-electron chi connectivity index (χ3n) is 2.86. The molecule has 1 unspecified atom stereocenters. The highest BCUT2D eigenvalue weighted by atomic mass is 32.2. The number of nitro benzene ring substituents is 1. The molecule has 1 aliphatic carbocycles. The van der Waals surface area contributed by atoms with Crippen LogP contribution in [0.4, 0.5) is 5.69 Å². The van der Waals surface area contributed by atoms with Crippen LogP contribution in [-0.4, -0.2) is 9.67 Å². The summed E-state index contributed by atoms with van der Waals surface area (Å²) in [4.78, 5) is 10.5. The Kier molecular flexibility index (Phi) is 3.17. The van der Waals surface area contributed by atoms with E-state index in [0.29, 0.717) is 5.25 Å². The van der Waals surface area contributed by atoms with Crippen molar-refractivity contribution in [2.75, 3.05) is 0 Å². The highest BCUT2D eigenvalue weighted by Gasteiger charge is 2.28. The van der Waals surface area contributed by atoms with Gasteiger partial charge in [-0.15, -0.1) is 11.8 Å². The lowest BCUT2D eigenvalue weighted by molar-refractivity contribution is -0.384. The molecule has 2 rings (SSSR count). The van der Waals surface area contributed by atoms with E-state index < -0.39 is 0 Å². The molecule has 1 aromatic carbocycles. The fraction of sp³-hybridized carbons (Fsp3) is 0.538. The Morgan fingerprint density at radius 1 is 1.41 bits per heavy atom. The molecule has 17 heavy (non-hydrogen) atoms. The number of nitro groups is 1. The van der Waals surface area contributed by atoms with Crippen molar-refractivity contribution in [2.45, 2.75) is 43.6 Å². The summed E-state index contributed by atoms with van der Waals surface area (Å²) in [7, 11) is 0. The summed E-state index contributed by atoms with van der Waals surface area (Å²) in [5.74, 6) is 0. The van der Waals surface area contributed by atoms with Crippen molar-refractivity contribution in [3.63, 3.8) is 0 Å². The summed E-state index contributed by atoms with van der Waals surface area (Å²) in [6.45, 7) is 6.56. The van der Waals surface area contributed by atoms with E-state index in [2.05, 4.69) is 20.8 Å². The quantitative estimate of drug-likeness (QED) is 0.586. The number of hydrogen-bond acceptors (Lipinski definition) is 3. The van der Waals surface area contributed by atoms with Crippen molar-refractivity contribution in [2.24, 2.45) is 0 Å². The molecular formula is C13H17NO2S. The summed E-state index contributed by atoms with van der Waals surface area (Å²) in [5, 5.41) is 11.2. The predicted octanol–water partition coefficient (Wildman–Crippen LogP) is 4.11. The van der Waals surface area contributed by atoms with Crippen LogP contribution in [0.25, 0.3) is 0 Å². The molecule has 0 saturated carbocycles. The number of hydrogen-bond donors (Lipinski definition) is 0. The zero-order valence-corrected chi connectivity index (χ0v) is 11.2. The van der Waals surface area contributed by atoms with Crippen molar-refractivity contribution in [3.8, 4) is 0 Å². The lowest BCUT2D eigenvalue weighted by Crippen LogP contribution is -2.10. The molecular weight excluding hydrogens is 234 g/mol. The van der Waals surface area contributed by atoms with E-state index in [1.807, 2.05) is 17.8 Å². The fourth-order valence-corrected chi connectivity index (χ4v) is 3.65. The summed E-state index contributed by atoms with van der Waals surface area (Å²) >= 11 is 1.90. The van der Waals surface area contributed by atoms with Gasteiger partial charge in [-0.05, 0) is 24.0 Å². The van der Waals surface area contributed by atoms with Crippen molar-refractivity contribution in [1.29, 1.82) is 0 Å². The monoisotopic (exact) mass is 251 g/mol. The summed E-state index contributed by atoms with van der Waals surface area (Å²) in [5.41, 5.74) is 2.65. The van der Waals surface area contributed by atoms with Crippen LogP contribution < -0.4 is 0 Å². The van der Waals surface area contributed by atoms with E-state index in [-0.39, 0.29) is 15.4 Å². The summed E-state index contributed by atoms with van der Waals surface area (Å²) in [6, 6.07) is 5.28. The van der Waals surface area contributed by atoms with Crippen LogP contribution in [0, 0.1) is 10.1 Å². The molecule has 1 aromatic rings. The minimum absolute atomic E-state index is 0.191. The van der Waals surface area contributed by atoms with E-state index in [0.717, 1.165) is 12.8 Å². The van der Waals surface area contributed by atoms with Crippen LogP contribution >= 0.6 is 11.8 Å². The molecule has 0 aromatic heterocycles. The second kappa shape index (κ2) is 4.33. The van der Waals surface area contributed by atoms with Gasteiger partial charge in [0.25, 0.3) is 5.69 Å². The zero-order valence-electron chi connectivity index (χ0n) is 10.4. The van der Waals surface area contributed by atoms with E-state index in [9.17, 15) is 10.1 Å². The van der Waals surface area contributed by atoms with Crippen LogP contribution in [0.2, 0.25) is 0 Å². The first-order valence-corrected chi connectivity index (χ1v) is 6.70.